The molecule has 8 rings (SSSR count). The van der Waals surface area contributed by atoms with E-state index in [4.69, 9.17) is 14.6 Å². The number of hydrogen-bond donors (Lipinski definition) is 2. The van der Waals surface area contributed by atoms with Gasteiger partial charge in [-0.05, 0) is 106 Å². The van der Waals surface area contributed by atoms with E-state index < -0.39 is 0 Å². The highest BCUT2D eigenvalue weighted by Crippen LogP contribution is 2.33. The maximum Gasteiger partial charge on any atom is 0.134 e. The number of rotatable bonds is 8. The van der Waals surface area contributed by atoms with Crippen molar-refractivity contribution in [3.8, 4) is 45.3 Å². The van der Waals surface area contributed by atoms with Crippen LogP contribution in [0.1, 0.15) is 85.1 Å². The highest BCUT2D eigenvalue weighted by atomic mass is 79.9. The Bertz CT molecular complexity index is 2390. The van der Waals surface area contributed by atoms with Gasteiger partial charge in [-0.1, -0.05) is 236 Å². The monoisotopic (exact) mass is 1030 g/mol. The van der Waals surface area contributed by atoms with Gasteiger partial charge in [0.15, 0.2) is 0 Å². The molecule has 67 heavy (non-hydrogen) atoms. The van der Waals surface area contributed by atoms with E-state index in [2.05, 4.69) is 119 Å². The number of aryl methyl sites for hydroxylation is 2. The average Bonchev–Trinajstić information content (AvgIpc) is 3.38. The third kappa shape index (κ3) is 24.3. The van der Waals surface area contributed by atoms with E-state index >= 15 is 0 Å². The van der Waals surface area contributed by atoms with Crippen molar-refractivity contribution in [2.75, 3.05) is 0 Å². The van der Waals surface area contributed by atoms with Crippen LogP contribution in [0.5, 0.6) is 23.0 Å². The third-order valence-corrected chi connectivity index (χ3v) is 9.77. The molecule has 0 heterocycles. The molecule has 4 nitrogen and oxygen atoms in total. The maximum atomic E-state index is 9.58. The van der Waals surface area contributed by atoms with Gasteiger partial charge in [-0.25, -0.2) is 0 Å². The fourth-order valence-corrected chi connectivity index (χ4v) is 6.26. The van der Waals surface area contributed by atoms with Gasteiger partial charge in [0.25, 0.3) is 0 Å². The Morgan fingerprint density at radius 3 is 1.16 bits per heavy atom. The third-order valence-electron chi connectivity index (χ3n) is 8.58. The van der Waals surface area contributed by atoms with E-state index in [1.54, 1.807) is 12.1 Å². The first-order valence-corrected chi connectivity index (χ1v) is 24.4. The van der Waals surface area contributed by atoms with Crippen molar-refractivity contribution < 1.29 is 19.7 Å². The number of phenols is 2. The Balaban J connectivity index is 0.000000854. The quantitative estimate of drug-likeness (QED) is 0.159. The van der Waals surface area contributed by atoms with Crippen LogP contribution in [0.25, 0.3) is 22.3 Å². The lowest BCUT2D eigenvalue weighted by Crippen LogP contribution is -1.97. The molecule has 8 aromatic rings. The maximum absolute atomic E-state index is 9.58. The minimum absolute atomic E-state index is 0. The summed E-state index contributed by atoms with van der Waals surface area (Å²) in [5.41, 5.74) is 8.74. The van der Waals surface area contributed by atoms with Crippen molar-refractivity contribution in [3.63, 3.8) is 0 Å². The Morgan fingerprint density at radius 2 is 0.746 bits per heavy atom. The van der Waals surface area contributed by atoms with Crippen molar-refractivity contribution in [1.82, 2.24) is 0 Å². The van der Waals surface area contributed by atoms with Crippen LogP contribution in [-0.4, -0.2) is 10.2 Å². The Kier molecular flexibility index (Phi) is 34.6. The van der Waals surface area contributed by atoms with Crippen molar-refractivity contribution in [2.24, 2.45) is 0 Å². The fraction of sp³-hybridized carbons (Fsp3) is 0.213. The van der Waals surface area contributed by atoms with Crippen molar-refractivity contribution in [3.05, 3.63) is 237 Å². The van der Waals surface area contributed by atoms with Gasteiger partial charge in [0.1, 0.15) is 36.2 Å². The summed E-state index contributed by atoms with van der Waals surface area (Å²) in [4.78, 5) is 0. The summed E-state index contributed by atoms with van der Waals surface area (Å²) in [7, 11) is 0. The van der Waals surface area contributed by atoms with Gasteiger partial charge in [-0.15, -0.1) is 0 Å². The molecule has 0 bridgehead atoms. The first-order chi connectivity index (χ1) is 32.2. The van der Waals surface area contributed by atoms with Gasteiger partial charge < -0.3 is 19.7 Å². The van der Waals surface area contributed by atoms with Gasteiger partial charge in [-0.2, -0.15) is 0 Å². The summed E-state index contributed by atoms with van der Waals surface area (Å²) in [6.07, 6.45) is 0. The number of benzene rings is 8. The molecule has 8 aromatic carbocycles. The zero-order chi connectivity index (χ0) is 49.0. The first-order valence-electron chi connectivity index (χ1n) is 22.8. The predicted molar refractivity (Wildman–Crippen MR) is 299 cm³/mol. The topological polar surface area (TPSA) is 58.9 Å². The minimum Gasteiger partial charge on any atom is -0.508 e. The number of ether oxygens (including phenoxy) is 2. The summed E-state index contributed by atoms with van der Waals surface area (Å²) >= 11 is 6.79. The van der Waals surface area contributed by atoms with E-state index in [1.807, 2.05) is 171 Å². The SMILES string of the molecule is Brc1ccccc1.C.CC.CC.CC.CC.Cc1ccc(-c2ccccc2)c(OCc2ccccc2)c1.Cc1ccc(Br)c(OCc2ccccc2)c1.Oc1ccc(-c2ccccc2)c(O)c1. The van der Waals surface area contributed by atoms with Crippen LogP contribution in [-0.2, 0) is 13.2 Å². The van der Waals surface area contributed by atoms with E-state index in [0.29, 0.717) is 13.2 Å². The first kappa shape index (κ1) is 60.9. The summed E-state index contributed by atoms with van der Waals surface area (Å²) in [5, 5.41) is 18.7. The lowest BCUT2D eigenvalue weighted by molar-refractivity contribution is 0.304. The van der Waals surface area contributed by atoms with E-state index in [0.717, 1.165) is 37.1 Å². The Morgan fingerprint density at radius 1 is 0.388 bits per heavy atom. The number of phenolic OH excluding ortho intramolecular Hbond substituents is 2. The molecule has 2 N–H and O–H groups in total. The molecular formula is C61H74Br2O4. The van der Waals surface area contributed by atoms with Gasteiger partial charge in [0.05, 0.1) is 4.47 Å². The highest BCUT2D eigenvalue weighted by Gasteiger charge is 2.07. The summed E-state index contributed by atoms with van der Waals surface area (Å²) in [6.45, 7) is 21.3. The molecule has 0 saturated carbocycles. The molecule has 0 aliphatic rings. The lowest BCUT2D eigenvalue weighted by Gasteiger charge is -2.13. The van der Waals surface area contributed by atoms with Crippen LogP contribution in [0.3, 0.4) is 0 Å². The van der Waals surface area contributed by atoms with E-state index in [1.165, 1.54) is 33.9 Å². The number of aromatic hydroxyl groups is 2. The predicted octanol–water partition coefficient (Wildman–Crippen LogP) is 19.5. The van der Waals surface area contributed by atoms with Gasteiger partial charge in [-0.3, -0.25) is 0 Å². The molecule has 0 aliphatic heterocycles. The summed E-state index contributed by atoms with van der Waals surface area (Å²) in [5.74, 6) is 1.99. The minimum atomic E-state index is 0. The summed E-state index contributed by atoms with van der Waals surface area (Å²) in [6, 6.07) is 67.3. The van der Waals surface area contributed by atoms with Crippen LogP contribution in [0.2, 0.25) is 0 Å². The van der Waals surface area contributed by atoms with Crippen molar-refractivity contribution in [2.45, 2.75) is 89.9 Å². The van der Waals surface area contributed by atoms with Crippen LogP contribution < -0.4 is 9.47 Å². The second-order valence-electron chi connectivity index (χ2n) is 13.2. The molecular weight excluding hydrogens is 956 g/mol. The molecule has 6 heteroatoms. The molecule has 0 spiro atoms. The number of hydrogen-bond acceptors (Lipinski definition) is 4. The van der Waals surface area contributed by atoms with E-state index in [-0.39, 0.29) is 18.9 Å². The summed E-state index contributed by atoms with van der Waals surface area (Å²) < 4.78 is 13.9. The van der Waals surface area contributed by atoms with Gasteiger partial charge >= 0.3 is 0 Å². The molecule has 0 aromatic heterocycles. The second kappa shape index (κ2) is 38.1. The molecule has 0 radical (unpaired) electrons. The molecule has 356 valence electrons. The molecule has 0 amide bonds. The average molecular weight is 1030 g/mol. The molecule has 0 saturated heterocycles. The molecule has 0 fully saturated rings. The molecule has 0 unspecified atom stereocenters. The van der Waals surface area contributed by atoms with Gasteiger partial charge in [0, 0.05) is 21.7 Å². The van der Waals surface area contributed by atoms with Crippen LogP contribution in [0.15, 0.2) is 215 Å². The van der Waals surface area contributed by atoms with Crippen LogP contribution in [0.4, 0.5) is 0 Å². The van der Waals surface area contributed by atoms with Crippen molar-refractivity contribution >= 4 is 31.9 Å². The van der Waals surface area contributed by atoms with E-state index in [9.17, 15) is 5.11 Å². The zero-order valence-corrected chi connectivity index (χ0v) is 43.7. The molecule has 0 aliphatic carbocycles. The van der Waals surface area contributed by atoms with Crippen LogP contribution >= 0.6 is 31.9 Å². The second-order valence-corrected chi connectivity index (χ2v) is 15.0. The number of halogens is 2. The molecule has 0 atom stereocenters. The van der Waals surface area contributed by atoms with Crippen molar-refractivity contribution in [1.29, 1.82) is 0 Å². The Hall–Kier alpha value is -6.08. The fourth-order valence-electron chi connectivity index (χ4n) is 5.59. The lowest BCUT2D eigenvalue weighted by atomic mass is 10.0. The normalized spacial score (nSPS) is 9.01. The van der Waals surface area contributed by atoms with Gasteiger partial charge in [0.2, 0.25) is 0 Å². The smallest absolute Gasteiger partial charge is 0.134 e. The zero-order valence-electron chi connectivity index (χ0n) is 40.5. The van der Waals surface area contributed by atoms with Crippen LogP contribution in [0, 0.1) is 13.8 Å². The Labute approximate surface area is 421 Å². The largest absolute Gasteiger partial charge is 0.508 e. The standard InChI is InChI=1S/C20H18O.C14H13BrO.C12H10O2.C6H5Br.4C2H6.CH4/c1-16-12-13-19(18-10-6-3-7-11-18)20(14-16)21-15-17-8-4-2-5-9-17;1-11-7-8-13(15)14(9-11)16-10-12-5-3-2-4-6-12;13-10-6-7-11(12(14)8-10)9-4-2-1-3-5-9;7-6-4-2-1-3-5-6;4*1-2;/h2-14H,15H2,1H3;2-9H,10H2,1H3;1-8,13-14H;1-5H;4*1-2H3;1H4. The highest BCUT2D eigenvalue weighted by molar-refractivity contribution is 9.10.